The third kappa shape index (κ3) is 4.78. The van der Waals surface area contributed by atoms with Gasteiger partial charge in [0.1, 0.15) is 0 Å². The third-order valence-electron chi connectivity index (χ3n) is 8.45. The van der Waals surface area contributed by atoms with Gasteiger partial charge in [0.05, 0.1) is 17.8 Å². The van der Waals surface area contributed by atoms with Crippen LogP contribution >= 0.6 is 0 Å². The highest BCUT2D eigenvalue weighted by molar-refractivity contribution is 5.80. The summed E-state index contributed by atoms with van der Waals surface area (Å²) in [7, 11) is 0. The fourth-order valence-electron chi connectivity index (χ4n) is 6.34. The van der Waals surface area contributed by atoms with Crippen molar-refractivity contribution < 1.29 is 9.90 Å². The van der Waals surface area contributed by atoms with E-state index in [1.807, 2.05) is 70.3 Å². The van der Waals surface area contributed by atoms with Gasteiger partial charge in [0.15, 0.2) is 5.65 Å². The smallest absolute Gasteiger partial charge is 0.262 e. The number of aliphatic hydroxyl groups excluding tert-OH is 1. The molecule has 1 saturated heterocycles. The van der Waals surface area contributed by atoms with Gasteiger partial charge in [-0.1, -0.05) is 48.5 Å². The summed E-state index contributed by atoms with van der Waals surface area (Å²) in [5.41, 5.74) is 2.77. The van der Waals surface area contributed by atoms with Crippen LogP contribution in [0.5, 0.6) is 0 Å². The van der Waals surface area contributed by atoms with E-state index in [9.17, 15) is 14.7 Å². The summed E-state index contributed by atoms with van der Waals surface area (Å²) in [6.45, 7) is 2.03. The molecule has 3 unspecified atom stereocenters. The van der Waals surface area contributed by atoms with E-state index in [0.717, 1.165) is 30.5 Å². The molecule has 7 nitrogen and oxygen atoms in total. The summed E-state index contributed by atoms with van der Waals surface area (Å²) in [5, 5.41) is 10.9. The Morgan fingerprint density at radius 2 is 1.63 bits per heavy atom. The molecule has 6 rings (SSSR count). The van der Waals surface area contributed by atoms with Crippen molar-refractivity contribution in [3.8, 4) is 5.69 Å². The number of hydrogen-bond acceptors (Lipinski definition) is 4. The molecule has 1 amide bonds. The van der Waals surface area contributed by atoms with Crippen molar-refractivity contribution in [3.63, 3.8) is 0 Å². The summed E-state index contributed by atoms with van der Waals surface area (Å²) in [6.07, 6.45) is 7.00. The molecule has 0 radical (unpaired) electrons. The third-order valence-corrected chi connectivity index (χ3v) is 8.45. The fourth-order valence-corrected chi connectivity index (χ4v) is 6.34. The van der Waals surface area contributed by atoms with E-state index in [0.29, 0.717) is 49.4 Å². The number of carbonyl (C=O) groups is 1. The van der Waals surface area contributed by atoms with Gasteiger partial charge in [-0.3, -0.25) is 14.2 Å². The molecular formula is C31H34N4O3. The molecule has 38 heavy (non-hydrogen) atoms. The fraction of sp³-hybridized carbons (Fsp3) is 0.387. The van der Waals surface area contributed by atoms with Crippen molar-refractivity contribution in [2.75, 3.05) is 13.1 Å². The van der Waals surface area contributed by atoms with Crippen molar-refractivity contribution in [2.24, 2.45) is 11.8 Å². The number of aliphatic hydroxyl groups is 1. The van der Waals surface area contributed by atoms with Crippen LogP contribution in [0.25, 0.3) is 16.7 Å². The Balaban J connectivity index is 1.12. The summed E-state index contributed by atoms with van der Waals surface area (Å²) in [4.78, 5) is 33.5. The molecule has 1 aliphatic heterocycles. The van der Waals surface area contributed by atoms with E-state index in [2.05, 4.69) is 17.1 Å². The minimum Gasteiger partial charge on any atom is -0.393 e. The van der Waals surface area contributed by atoms with Gasteiger partial charge in [0.2, 0.25) is 5.91 Å². The van der Waals surface area contributed by atoms with Crippen LogP contribution < -0.4 is 5.56 Å². The largest absolute Gasteiger partial charge is 0.393 e. The first-order valence-electron chi connectivity index (χ1n) is 13.7. The average molecular weight is 511 g/mol. The second-order valence-corrected chi connectivity index (χ2v) is 10.8. The molecule has 1 aliphatic carbocycles. The van der Waals surface area contributed by atoms with Crippen molar-refractivity contribution >= 4 is 16.9 Å². The lowest BCUT2D eigenvalue weighted by Gasteiger charge is -2.39. The van der Waals surface area contributed by atoms with Crippen LogP contribution in [0.3, 0.4) is 0 Å². The van der Waals surface area contributed by atoms with Gasteiger partial charge in [-0.2, -0.15) is 0 Å². The van der Waals surface area contributed by atoms with Crippen LogP contribution in [0.2, 0.25) is 0 Å². The first-order valence-corrected chi connectivity index (χ1v) is 13.7. The van der Waals surface area contributed by atoms with Crippen molar-refractivity contribution in [2.45, 2.75) is 50.7 Å². The SMILES string of the molecule is O=C(C1CCC(O)CC1c1ccccc1)N1CCC(Cn2cnc3c(ccn3-c3ccccc3)c2=O)CC1. The molecule has 4 aromatic rings. The van der Waals surface area contributed by atoms with Crippen molar-refractivity contribution in [1.29, 1.82) is 0 Å². The van der Waals surface area contributed by atoms with E-state index in [-0.39, 0.29) is 29.4 Å². The molecule has 3 atom stereocenters. The van der Waals surface area contributed by atoms with Gasteiger partial charge in [0, 0.05) is 37.4 Å². The maximum Gasteiger partial charge on any atom is 0.262 e. The summed E-state index contributed by atoms with van der Waals surface area (Å²) in [6, 6.07) is 21.9. The molecule has 1 saturated carbocycles. The number of carbonyl (C=O) groups excluding carboxylic acids is 1. The minimum atomic E-state index is -0.344. The predicted molar refractivity (Wildman–Crippen MR) is 147 cm³/mol. The zero-order valence-electron chi connectivity index (χ0n) is 21.5. The molecule has 2 aliphatic rings. The van der Waals surface area contributed by atoms with Gasteiger partial charge >= 0.3 is 0 Å². The summed E-state index contributed by atoms with van der Waals surface area (Å²) >= 11 is 0. The first-order chi connectivity index (χ1) is 18.6. The summed E-state index contributed by atoms with van der Waals surface area (Å²) in [5.74, 6) is 0.516. The van der Waals surface area contributed by atoms with Crippen LogP contribution in [0.15, 0.2) is 84.0 Å². The Hall–Kier alpha value is -3.71. The lowest BCUT2D eigenvalue weighted by molar-refractivity contribution is -0.139. The zero-order valence-corrected chi connectivity index (χ0v) is 21.5. The number of nitrogens with zero attached hydrogens (tertiary/aromatic N) is 4. The van der Waals surface area contributed by atoms with Gasteiger partial charge < -0.3 is 14.6 Å². The number of amides is 1. The number of benzene rings is 2. The van der Waals surface area contributed by atoms with Gasteiger partial charge in [-0.15, -0.1) is 0 Å². The van der Waals surface area contributed by atoms with Crippen LogP contribution in [0.4, 0.5) is 0 Å². The molecule has 1 N–H and O–H groups in total. The highest BCUT2D eigenvalue weighted by Gasteiger charge is 2.38. The standard InChI is InChI=1S/C31H34N4O3/c36-25-11-12-26(28(19-25)23-7-3-1-4-8-23)30(37)33-16-13-22(14-17-33)20-34-21-32-29-27(31(34)38)15-18-35(29)24-9-5-2-6-10-24/h1-10,15,18,21-22,25-26,28,36H,11-14,16-17,19-20H2. The van der Waals surface area contributed by atoms with E-state index in [1.54, 1.807) is 10.9 Å². The first kappa shape index (κ1) is 24.6. The van der Waals surface area contributed by atoms with E-state index >= 15 is 0 Å². The second kappa shape index (κ2) is 10.6. The van der Waals surface area contributed by atoms with Crippen molar-refractivity contribution in [3.05, 3.63) is 95.2 Å². The number of rotatable bonds is 5. The second-order valence-electron chi connectivity index (χ2n) is 10.8. The quantitative estimate of drug-likeness (QED) is 0.432. The van der Waals surface area contributed by atoms with Crippen LogP contribution in [0.1, 0.15) is 43.6 Å². The molecule has 0 spiro atoms. The van der Waals surface area contributed by atoms with Crippen LogP contribution in [0, 0.1) is 11.8 Å². The Labute approximate surface area is 222 Å². The number of fused-ring (bicyclic) bond motifs is 1. The number of para-hydroxylation sites is 1. The van der Waals surface area contributed by atoms with E-state index in [4.69, 9.17) is 0 Å². The van der Waals surface area contributed by atoms with Crippen molar-refractivity contribution in [1.82, 2.24) is 19.0 Å². The Morgan fingerprint density at radius 3 is 2.37 bits per heavy atom. The highest BCUT2D eigenvalue weighted by Crippen LogP contribution is 2.39. The molecule has 2 fully saturated rings. The lowest BCUT2D eigenvalue weighted by atomic mass is 9.73. The number of likely N-dealkylation sites (tertiary alicyclic amines) is 1. The van der Waals surface area contributed by atoms with E-state index in [1.165, 1.54) is 0 Å². The van der Waals surface area contributed by atoms with Gasteiger partial charge in [-0.25, -0.2) is 4.98 Å². The van der Waals surface area contributed by atoms with Gasteiger partial charge in [0.25, 0.3) is 5.56 Å². The molecule has 196 valence electrons. The van der Waals surface area contributed by atoms with Gasteiger partial charge in [-0.05, 0) is 67.7 Å². The molecule has 3 heterocycles. The normalized spacial score (nSPS) is 22.6. The van der Waals surface area contributed by atoms with Crippen LogP contribution in [-0.2, 0) is 11.3 Å². The molecule has 0 bridgehead atoms. The molecule has 7 heteroatoms. The molecular weight excluding hydrogens is 476 g/mol. The minimum absolute atomic E-state index is 0.0188. The zero-order chi connectivity index (χ0) is 26.1. The Kier molecular flexibility index (Phi) is 6.85. The topological polar surface area (TPSA) is 80.4 Å². The number of hydrogen-bond donors (Lipinski definition) is 1. The molecule has 2 aromatic heterocycles. The maximum absolute atomic E-state index is 13.6. The predicted octanol–water partition coefficient (Wildman–Crippen LogP) is 4.37. The van der Waals surface area contributed by atoms with Crippen LogP contribution in [-0.4, -0.2) is 49.2 Å². The van der Waals surface area contributed by atoms with E-state index < -0.39 is 0 Å². The Bertz CT molecular complexity index is 1460. The number of aromatic nitrogens is 3. The average Bonchev–Trinajstić information content (AvgIpc) is 3.40. The maximum atomic E-state index is 13.6. The highest BCUT2D eigenvalue weighted by atomic mass is 16.3. The Morgan fingerprint density at radius 1 is 0.921 bits per heavy atom. The summed E-state index contributed by atoms with van der Waals surface area (Å²) < 4.78 is 3.67. The lowest BCUT2D eigenvalue weighted by Crippen LogP contribution is -2.45. The monoisotopic (exact) mass is 510 g/mol. The molecule has 2 aromatic carbocycles. The number of piperidine rings is 1.